The number of nitrogens with two attached hydrogens (primary N) is 1. The fourth-order valence-corrected chi connectivity index (χ4v) is 3.84. The van der Waals surface area contributed by atoms with E-state index in [1.165, 1.54) is 6.33 Å². The van der Waals surface area contributed by atoms with Gasteiger partial charge in [0.15, 0.2) is 0 Å². The van der Waals surface area contributed by atoms with Crippen LogP contribution in [0.4, 0.5) is 11.5 Å². The van der Waals surface area contributed by atoms with Crippen LogP contribution < -0.4 is 16.4 Å². The fraction of sp³-hybridized carbons (Fsp3) is 0.261. The summed E-state index contributed by atoms with van der Waals surface area (Å²) < 4.78 is 0. The molecule has 5 N–H and O–H groups in total. The van der Waals surface area contributed by atoms with Crippen LogP contribution in [0.2, 0.25) is 0 Å². The average molecular weight is 403 g/mol. The lowest BCUT2D eigenvalue weighted by Crippen LogP contribution is -2.49. The van der Waals surface area contributed by atoms with Gasteiger partial charge < -0.3 is 21.5 Å². The number of aromatic hydroxyl groups is 1. The number of hydrogen-bond donors (Lipinski definition) is 4. The zero-order valence-electron chi connectivity index (χ0n) is 16.6. The maximum Gasteiger partial charge on any atom is 0.252 e. The number of phenolic OH excluding ortho intramolecular Hbond substituents is 1. The number of para-hydroxylation sites is 1. The lowest BCUT2D eigenvalue weighted by molar-refractivity contribution is 0.0922. The number of hydrogen-bond acceptors (Lipinski definition) is 6. The van der Waals surface area contributed by atoms with E-state index in [1.807, 2.05) is 18.2 Å². The van der Waals surface area contributed by atoms with Crippen molar-refractivity contribution >= 4 is 17.4 Å². The molecule has 1 saturated carbocycles. The lowest BCUT2D eigenvalue weighted by Gasteiger charge is -2.29. The standard InChI is InChI=1S/C23H25N5O2/c24-19-6-2-3-7-20(19)28-23(30)17-10-9-15(27-22-11-12-25-14-26-22)13-18(17)16-5-1-4-8-21(16)29/h1,4-5,8-14,19-20,29H,2-3,6-7,24H2,(H,28,30)(H,25,26,27). The topological polar surface area (TPSA) is 113 Å². The molecule has 2 atom stereocenters. The SMILES string of the molecule is NC1CCCCC1NC(=O)c1ccc(Nc2ccncn2)cc1-c1ccccc1O. The molecule has 30 heavy (non-hydrogen) atoms. The number of amides is 1. The van der Waals surface area contributed by atoms with Crippen molar-refractivity contribution in [2.75, 3.05) is 5.32 Å². The van der Waals surface area contributed by atoms with Crippen molar-refractivity contribution in [3.8, 4) is 16.9 Å². The van der Waals surface area contributed by atoms with Crippen LogP contribution in [-0.4, -0.2) is 33.1 Å². The van der Waals surface area contributed by atoms with Crippen molar-refractivity contribution in [2.45, 2.75) is 37.8 Å². The van der Waals surface area contributed by atoms with Crippen LogP contribution in [0.1, 0.15) is 36.0 Å². The fourth-order valence-electron chi connectivity index (χ4n) is 3.84. The second-order valence-electron chi connectivity index (χ2n) is 7.53. The van der Waals surface area contributed by atoms with Gasteiger partial charge in [0.05, 0.1) is 0 Å². The molecule has 0 bridgehead atoms. The number of nitrogens with one attached hydrogen (secondary N) is 2. The Bertz CT molecular complexity index is 1030. The van der Waals surface area contributed by atoms with E-state index in [-0.39, 0.29) is 23.7 Å². The molecule has 7 heteroatoms. The van der Waals surface area contributed by atoms with Crippen LogP contribution in [0.15, 0.2) is 61.1 Å². The Kier molecular flexibility index (Phi) is 5.90. The van der Waals surface area contributed by atoms with E-state index in [4.69, 9.17) is 5.73 Å². The van der Waals surface area contributed by atoms with Gasteiger partial charge in [-0.1, -0.05) is 31.0 Å². The van der Waals surface area contributed by atoms with E-state index < -0.39 is 0 Å². The summed E-state index contributed by atoms with van der Waals surface area (Å²) >= 11 is 0. The highest BCUT2D eigenvalue weighted by molar-refractivity contribution is 6.02. The van der Waals surface area contributed by atoms with Gasteiger partial charge in [0.1, 0.15) is 17.9 Å². The third kappa shape index (κ3) is 4.41. The molecule has 1 aliphatic rings. The zero-order chi connectivity index (χ0) is 20.9. The molecule has 0 saturated heterocycles. The number of carbonyl (C=O) groups is 1. The summed E-state index contributed by atoms with van der Waals surface area (Å²) in [6.07, 6.45) is 7.06. The molecule has 154 valence electrons. The molecule has 1 aliphatic carbocycles. The van der Waals surface area contributed by atoms with Crippen LogP contribution in [0.25, 0.3) is 11.1 Å². The molecule has 1 aromatic heterocycles. The number of anilines is 2. The van der Waals surface area contributed by atoms with Gasteiger partial charge in [-0.25, -0.2) is 9.97 Å². The van der Waals surface area contributed by atoms with Crippen molar-refractivity contribution in [1.82, 2.24) is 15.3 Å². The Morgan fingerprint density at radius 3 is 2.67 bits per heavy atom. The van der Waals surface area contributed by atoms with Crippen molar-refractivity contribution in [1.29, 1.82) is 0 Å². The van der Waals surface area contributed by atoms with Crippen molar-refractivity contribution in [3.05, 3.63) is 66.6 Å². The third-order valence-electron chi connectivity index (χ3n) is 5.45. The lowest BCUT2D eigenvalue weighted by atomic mass is 9.90. The van der Waals surface area contributed by atoms with E-state index in [1.54, 1.807) is 36.5 Å². The van der Waals surface area contributed by atoms with E-state index in [0.717, 1.165) is 31.4 Å². The molecule has 2 unspecified atom stereocenters. The van der Waals surface area contributed by atoms with Crippen LogP contribution in [0.5, 0.6) is 5.75 Å². The quantitative estimate of drug-likeness (QED) is 0.518. The Hall–Kier alpha value is -3.45. The van der Waals surface area contributed by atoms with Crippen LogP contribution in [0, 0.1) is 0 Å². The second kappa shape index (κ2) is 8.92. The molecular formula is C23H25N5O2. The minimum atomic E-state index is -0.191. The Morgan fingerprint density at radius 1 is 1.07 bits per heavy atom. The molecule has 2 aromatic carbocycles. The van der Waals surface area contributed by atoms with Gasteiger partial charge in [-0.3, -0.25) is 4.79 Å². The number of aromatic nitrogens is 2. The number of phenols is 1. The first-order valence-corrected chi connectivity index (χ1v) is 10.1. The van der Waals surface area contributed by atoms with Crippen LogP contribution >= 0.6 is 0 Å². The molecule has 1 heterocycles. The highest BCUT2D eigenvalue weighted by Crippen LogP contribution is 2.34. The first kappa shape index (κ1) is 19.8. The van der Waals surface area contributed by atoms with Gasteiger partial charge in [0, 0.05) is 40.7 Å². The Balaban J connectivity index is 1.68. The van der Waals surface area contributed by atoms with Gasteiger partial charge in [0.25, 0.3) is 5.91 Å². The summed E-state index contributed by atoms with van der Waals surface area (Å²) in [5.41, 5.74) is 8.67. The summed E-state index contributed by atoms with van der Waals surface area (Å²) in [5, 5.41) is 16.7. The highest BCUT2D eigenvalue weighted by atomic mass is 16.3. The normalized spacial score (nSPS) is 18.6. The smallest absolute Gasteiger partial charge is 0.252 e. The largest absolute Gasteiger partial charge is 0.507 e. The molecule has 1 fully saturated rings. The number of benzene rings is 2. The van der Waals surface area contributed by atoms with E-state index >= 15 is 0 Å². The predicted octanol–water partition coefficient (Wildman–Crippen LogP) is 3.59. The van der Waals surface area contributed by atoms with Gasteiger partial charge >= 0.3 is 0 Å². The minimum absolute atomic E-state index is 0.0324. The van der Waals surface area contributed by atoms with E-state index in [9.17, 15) is 9.90 Å². The predicted molar refractivity (Wildman–Crippen MR) is 117 cm³/mol. The van der Waals surface area contributed by atoms with Crippen molar-refractivity contribution in [3.63, 3.8) is 0 Å². The second-order valence-corrected chi connectivity index (χ2v) is 7.53. The molecule has 0 spiro atoms. The van der Waals surface area contributed by atoms with Crippen molar-refractivity contribution < 1.29 is 9.90 Å². The summed E-state index contributed by atoms with van der Waals surface area (Å²) in [4.78, 5) is 21.2. The monoisotopic (exact) mass is 403 g/mol. The zero-order valence-corrected chi connectivity index (χ0v) is 16.6. The minimum Gasteiger partial charge on any atom is -0.507 e. The Morgan fingerprint density at radius 2 is 1.90 bits per heavy atom. The third-order valence-corrected chi connectivity index (χ3v) is 5.45. The molecule has 4 rings (SSSR count). The molecule has 0 radical (unpaired) electrons. The molecular weight excluding hydrogens is 378 g/mol. The number of nitrogens with zero attached hydrogens (tertiary/aromatic N) is 2. The summed E-state index contributed by atoms with van der Waals surface area (Å²) in [6.45, 7) is 0. The molecule has 1 amide bonds. The van der Waals surface area contributed by atoms with Gasteiger partial charge in [-0.2, -0.15) is 0 Å². The molecule has 7 nitrogen and oxygen atoms in total. The number of rotatable bonds is 5. The summed E-state index contributed by atoms with van der Waals surface area (Å²) in [7, 11) is 0. The Labute approximate surface area is 175 Å². The average Bonchev–Trinajstić information content (AvgIpc) is 2.76. The maximum absolute atomic E-state index is 13.1. The van der Waals surface area contributed by atoms with E-state index in [2.05, 4.69) is 20.6 Å². The molecule has 0 aliphatic heterocycles. The first-order chi connectivity index (χ1) is 14.6. The van der Waals surface area contributed by atoms with Crippen LogP contribution in [-0.2, 0) is 0 Å². The van der Waals surface area contributed by atoms with Gasteiger partial charge in [0.2, 0.25) is 0 Å². The summed E-state index contributed by atoms with van der Waals surface area (Å²) in [6, 6.07) is 14.1. The van der Waals surface area contributed by atoms with Gasteiger partial charge in [-0.05, 0) is 43.2 Å². The first-order valence-electron chi connectivity index (χ1n) is 10.1. The number of carbonyl (C=O) groups excluding carboxylic acids is 1. The molecule has 3 aromatic rings. The van der Waals surface area contributed by atoms with Crippen molar-refractivity contribution in [2.24, 2.45) is 5.73 Å². The van der Waals surface area contributed by atoms with E-state index in [0.29, 0.717) is 22.5 Å². The van der Waals surface area contributed by atoms with Crippen LogP contribution in [0.3, 0.4) is 0 Å². The summed E-state index contributed by atoms with van der Waals surface area (Å²) in [5.74, 6) is 0.558. The highest BCUT2D eigenvalue weighted by Gasteiger charge is 2.25. The van der Waals surface area contributed by atoms with Gasteiger partial charge in [-0.15, -0.1) is 0 Å². The maximum atomic E-state index is 13.1.